The summed E-state index contributed by atoms with van der Waals surface area (Å²) in [5.41, 5.74) is 1.62. The van der Waals surface area contributed by atoms with Crippen LogP contribution in [0, 0.1) is 19.8 Å². The van der Waals surface area contributed by atoms with E-state index in [4.69, 9.17) is 4.74 Å². The van der Waals surface area contributed by atoms with E-state index >= 15 is 0 Å². The van der Waals surface area contributed by atoms with Crippen molar-refractivity contribution in [1.29, 1.82) is 0 Å². The topological polar surface area (TPSA) is 58.5 Å². The molecule has 5 nitrogen and oxygen atoms in total. The Bertz CT molecular complexity index is 509. The molecule has 0 spiro atoms. The largest absolute Gasteiger partial charge is 0.477 e. The van der Waals surface area contributed by atoms with Crippen molar-refractivity contribution in [2.24, 2.45) is 5.92 Å². The molecule has 2 aliphatic rings. The van der Waals surface area contributed by atoms with E-state index in [0.29, 0.717) is 5.92 Å². The molecule has 1 N–H and O–H groups in total. The summed E-state index contributed by atoms with van der Waals surface area (Å²) >= 11 is 0. The average molecular weight is 305 g/mol. The Kier molecular flexibility index (Phi) is 4.64. The van der Waals surface area contributed by atoms with Gasteiger partial charge in [0.2, 0.25) is 5.88 Å². The summed E-state index contributed by atoms with van der Waals surface area (Å²) in [7, 11) is 0. The SMILES string of the molecule is Cc1ncnc(OCC2CCN(CC3(O)CCC3)CC2)c1C. The van der Waals surface area contributed by atoms with Crippen LogP contribution in [0.1, 0.15) is 43.4 Å². The van der Waals surface area contributed by atoms with Crippen molar-refractivity contribution in [2.75, 3.05) is 26.2 Å². The predicted octanol–water partition coefficient (Wildman–Crippen LogP) is 2.10. The summed E-state index contributed by atoms with van der Waals surface area (Å²) in [6.45, 7) is 7.70. The van der Waals surface area contributed by atoms with Crippen molar-refractivity contribution >= 4 is 0 Å². The number of aryl methyl sites for hydroxylation is 1. The van der Waals surface area contributed by atoms with Crippen molar-refractivity contribution in [3.05, 3.63) is 17.6 Å². The Morgan fingerprint density at radius 3 is 2.64 bits per heavy atom. The van der Waals surface area contributed by atoms with Crippen LogP contribution in [0.4, 0.5) is 0 Å². The fourth-order valence-corrected chi connectivity index (χ4v) is 3.33. The first-order valence-corrected chi connectivity index (χ1v) is 8.41. The van der Waals surface area contributed by atoms with Gasteiger partial charge in [0.1, 0.15) is 6.33 Å². The van der Waals surface area contributed by atoms with Crippen LogP contribution in [0.25, 0.3) is 0 Å². The molecule has 3 rings (SSSR count). The van der Waals surface area contributed by atoms with Crippen LogP contribution in [-0.2, 0) is 0 Å². The molecule has 0 aromatic carbocycles. The molecule has 1 aliphatic heterocycles. The molecule has 22 heavy (non-hydrogen) atoms. The number of β-amino-alcohol motifs (C(OH)–C–C–N with tert-alkyl or cyclic N) is 1. The summed E-state index contributed by atoms with van der Waals surface area (Å²) in [6.07, 6.45) is 6.97. The minimum atomic E-state index is -0.390. The van der Waals surface area contributed by atoms with Crippen molar-refractivity contribution < 1.29 is 9.84 Å². The highest BCUT2D eigenvalue weighted by molar-refractivity contribution is 5.26. The highest BCUT2D eigenvalue weighted by atomic mass is 16.5. The van der Waals surface area contributed by atoms with Gasteiger partial charge in [0.15, 0.2) is 0 Å². The van der Waals surface area contributed by atoms with Crippen molar-refractivity contribution in [3.8, 4) is 5.88 Å². The van der Waals surface area contributed by atoms with Crippen LogP contribution < -0.4 is 4.74 Å². The Morgan fingerprint density at radius 2 is 2.00 bits per heavy atom. The second-order valence-electron chi connectivity index (χ2n) is 7.00. The van der Waals surface area contributed by atoms with E-state index in [0.717, 1.165) is 69.1 Å². The summed E-state index contributed by atoms with van der Waals surface area (Å²) in [4.78, 5) is 10.8. The monoisotopic (exact) mass is 305 g/mol. The van der Waals surface area contributed by atoms with E-state index in [9.17, 15) is 5.11 Å². The first-order chi connectivity index (χ1) is 10.6. The lowest BCUT2D eigenvalue weighted by Gasteiger charge is -2.42. The predicted molar refractivity (Wildman–Crippen MR) is 85.0 cm³/mol. The van der Waals surface area contributed by atoms with Crippen molar-refractivity contribution in [1.82, 2.24) is 14.9 Å². The molecule has 2 heterocycles. The van der Waals surface area contributed by atoms with E-state index in [1.54, 1.807) is 6.33 Å². The number of rotatable bonds is 5. The molecule has 0 unspecified atom stereocenters. The molecule has 5 heteroatoms. The van der Waals surface area contributed by atoms with E-state index in [1.165, 1.54) is 6.42 Å². The fraction of sp³-hybridized carbons (Fsp3) is 0.765. The third kappa shape index (κ3) is 3.58. The molecule has 0 bridgehead atoms. The molecule has 1 aromatic heterocycles. The normalized spacial score (nSPS) is 22.3. The van der Waals surface area contributed by atoms with Crippen LogP contribution in [0.2, 0.25) is 0 Å². The number of hydrogen-bond donors (Lipinski definition) is 1. The molecule has 1 saturated carbocycles. The third-order valence-corrected chi connectivity index (χ3v) is 5.25. The first-order valence-electron chi connectivity index (χ1n) is 8.41. The molecule has 0 radical (unpaired) electrons. The Balaban J connectivity index is 1.43. The summed E-state index contributed by atoms with van der Waals surface area (Å²) < 4.78 is 5.91. The molecule has 0 amide bonds. The highest BCUT2D eigenvalue weighted by Crippen LogP contribution is 2.33. The number of nitrogens with zero attached hydrogens (tertiary/aromatic N) is 3. The molecule has 0 atom stereocenters. The van der Waals surface area contributed by atoms with Crippen LogP contribution in [0.5, 0.6) is 5.88 Å². The van der Waals surface area contributed by atoms with Gasteiger partial charge < -0.3 is 14.7 Å². The Morgan fingerprint density at radius 1 is 1.27 bits per heavy atom. The van der Waals surface area contributed by atoms with Crippen molar-refractivity contribution in [2.45, 2.75) is 51.6 Å². The van der Waals surface area contributed by atoms with Gasteiger partial charge in [0, 0.05) is 17.8 Å². The summed E-state index contributed by atoms with van der Waals surface area (Å²) in [5, 5.41) is 10.3. The first kappa shape index (κ1) is 15.7. The number of likely N-dealkylation sites (tertiary alicyclic amines) is 1. The van der Waals surface area contributed by atoms with Crippen LogP contribution in [0.15, 0.2) is 6.33 Å². The maximum atomic E-state index is 10.3. The van der Waals surface area contributed by atoms with E-state index < -0.39 is 0 Å². The minimum absolute atomic E-state index is 0.390. The lowest BCUT2D eigenvalue weighted by atomic mass is 9.79. The van der Waals surface area contributed by atoms with E-state index in [-0.39, 0.29) is 5.60 Å². The van der Waals surface area contributed by atoms with Gasteiger partial charge in [-0.3, -0.25) is 0 Å². The standard InChI is InChI=1S/C17H27N3O2/c1-13-14(2)18-12-19-16(13)22-10-15-4-8-20(9-5-15)11-17(21)6-3-7-17/h12,15,21H,3-11H2,1-2H3. The summed E-state index contributed by atoms with van der Waals surface area (Å²) in [6, 6.07) is 0. The highest BCUT2D eigenvalue weighted by Gasteiger charge is 2.36. The van der Waals surface area contributed by atoms with Gasteiger partial charge in [0.25, 0.3) is 0 Å². The Hall–Kier alpha value is -1.20. The lowest BCUT2D eigenvalue weighted by molar-refractivity contribution is -0.0644. The molecule has 1 aromatic rings. The zero-order chi connectivity index (χ0) is 15.6. The van der Waals surface area contributed by atoms with Crippen LogP contribution >= 0.6 is 0 Å². The average Bonchev–Trinajstić information content (AvgIpc) is 2.49. The molecule has 1 saturated heterocycles. The minimum Gasteiger partial charge on any atom is -0.477 e. The van der Waals surface area contributed by atoms with Gasteiger partial charge in [-0.2, -0.15) is 0 Å². The van der Waals surface area contributed by atoms with Gasteiger partial charge in [-0.15, -0.1) is 0 Å². The number of piperidine rings is 1. The zero-order valence-electron chi connectivity index (χ0n) is 13.7. The zero-order valence-corrected chi connectivity index (χ0v) is 13.7. The van der Waals surface area contributed by atoms with Crippen LogP contribution in [-0.4, -0.2) is 51.8 Å². The van der Waals surface area contributed by atoms with Crippen molar-refractivity contribution in [3.63, 3.8) is 0 Å². The number of aliphatic hydroxyl groups is 1. The molecular weight excluding hydrogens is 278 g/mol. The maximum Gasteiger partial charge on any atom is 0.219 e. The molecular formula is C17H27N3O2. The number of aromatic nitrogens is 2. The quantitative estimate of drug-likeness (QED) is 0.903. The smallest absolute Gasteiger partial charge is 0.219 e. The second-order valence-corrected chi connectivity index (χ2v) is 7.00. The summed E-state index contributed by atoms with van der Waals surface area (Å²) in [5.74, 6) is 1.31. The third-order valence-electron chi connectivity index (χ3n) is 5.25. The van der Waals surface area contributed by atoms with Gasteiger partial charge in [0.05, 0.1) is 12.2 Å². The molecule has 2 fully saturated rings. The van der Waals surface area contributed by atoms with Gasteiger partial charge in [-0.1, -0.05) is 0 Å². The number of hydrogen-bond acceptors (Lipinski definition) is 5. The van der Waals surface area contributed by atoms with Gasteiger partial charge in [-0.05, 0) is 65.0 Å². The molecule has 1 aliphatic carbocycles. The maximum absolute atomic E-state index is 10.3. The molecule has 122 valence electrons. The van der Waals surface area contributed by atoms with Gasteiger partial charge >= 0.3 is 0 Å². The van der Waals surface area contributed by atoms with E-state index in [2.05, 4.69) is 14.9 Å². The second kappa shape index (κ2) is 6.50. The van der Waals surface area contributed by atoms with Gasteiger partial charge in [-0.25, -0.2) is 9.97 Å². The van der Waals surface area contributed by atoms with Crippen LogP contribution in [0.3, 0.4) is 0 Å². The Labute approximate surface area is 132 Å². The lowest BCUT2D eigenvalue weighted by Crippen LogP contribution is -2.50. The van der Waals surface area contributed by atoms with E-state index in [1.807, 2.05) is 13.8 Å². The number of ether oxygens (including phenoxy) is 1. The fourth-order valence-electron chi connectivity index (χ4n) is 3.33.